The van der Waals surface area contributed by atoms with E-state index in [2.05, 4.69) is 15.5 Å². The molecule has 0 bridgehead atoms. The molecule has 4 aromatic rings. The predicted octanol–water partition coefficient (Wildman–Crippen LogP) is 4.03. The van der Waals surface area contributed by atoms with Crippen molar-refractivity contribution < 1.29 is 9.90 Å². The van der Waals surface area contributed by atoms with Crippen LogP contribution in [0.5, 0.6) is 5.75 Å². The van der Waals surface area contributed by atoms with Crippen LogP contribution in [0, 0.1) is 6.92 Å². The van der Waals surface area contributed by atoms with Crippen LogP contribution in [-0.4, -0.2) is 32.0 Å². The first kappa shape index (κ1) is 22.3. The standard InChI is InChI=1S/C25H22N4O3S/c1-16-7-3-6-10-22(16)29-24(32)20-8-4-5-9-21(20)26-25(29)33-15-23(31)28-27-17(2)18-11-13-19(30)14-12-18/h3-14,30H,15H2,1-2H3,(H,28,31). The lowest BCUT2D eigenvalue weighted by atomic mass is 10.1. The van der Waals surface area contributed by atoms with E-state index in [0.29, 0.717) is 21.8 Å². The number of hydrogen-bond donors (Lipinski definition) is 2. The van der Waals surface area contributed by atoms with Crippen molar-refractivity contribution >= 4 is 34.3 Å². The highest BCUT2D eigenvalue weighted by atomic mass is 32.2. The molecular formula is C25H22N4O3S. The summed E-state index contributed by atoms with van der Waals surface area (Å²) in [4.78, 5) is 30.5. The molecule has 0 atom stereocenters. The van der Waals surface area contributed by atoms with Crippen molar-refractivity contribution in [2.45, 2.75) is 19.0 Å². The number of benzene rings is 3. The van der Waals surface area contributed by atoms with Crippen LogP contribution in [-0.2, 0) is 4.79 Å². The maximum atomic E-state index is 13.3. The van der Waals surface area contributed by atoms with Crippen LogP contribution in [0.3, 0.4) is 0 Å². The summed E-state index contributed by atoms with van der Waals surface area (Å²) in [5.74, 6) is -0.130. The number of phenols is 1. The number of phenolic OH excluding ortho intramolecular Hbond substituents is 1. The minimum atomic E-state index is -0.322. The van der Waals surface area contributed by atoms with Crippen molar-refractivity contribution in [2.75, 3.05) is 5.75 Å². The van der Waals surface area contributed by atoms with Crippen molar-refractivity contribution in [1.29, 1.82) is 0 Å². The molecule has 1 aromatic heterocycles. The van der Waals surface area contributed by atoms with Crippen molar-refractivity contribution in [1.82, 2.24) is 15.0 Å². The summed E-state index contributed by atoms with van der Waals surface area (Å²) in [5, 5.41) is 14.5. The van der Waals surface area contributed by atoms with Crippen LogP contribution in [0.4, 0.5) is 0 Å². The largest absolute Gasteiger partial charge is 0.508 e. The highest BCUT2D eigenvalue weighted by Crippen LogP contribution is 2.23. The van der Waals surface area contributed by atoms with Gasteiger partial charge in [0.25, 0.3) is 11.5 Å². The lowest BCUT2D eigenvalue weighted by Gasteiger charge is -2.14. The molecule has 8 heteroatoms. The molecule has 3 aromatic carbocycles. The molecule has 0 radical (unpaired) electrons. The summed E-state index contributed by atoms with van der Waals surface area (Å²) >= 11 is 1.17. The van der Waals surface area contributed by atoms with Gasteiger partial charge in [0.2, 0.25) is 0 Å². The highest BCUT2D eigenvalue weighted by molar-refractivity contribution is 7.99. The Balaban J connectivity index is 1.59. The average molecular weight is 459 g/mol. The van der Waals surface area contributed by atoms with Gasteiger partial charge in [-0.15, -0.1) is 0 Å². The van der Waals surface area contributed by atoms with E-state index in [1.54, 1.807) is 47.9 Å². The number of nitrogens with zero attached hydrogens (tertiary/aromatic N) is 3. The van der Waals surface area contributed by atoms with Gasteiger partial charge in [-0.25, -0.2) is 10.4 Å². The summed E-state index contributed by atoms with van der Waals surface area (Å²) in [7, 11) is 0. The van der Waals surface area contributed by atoms with E-state index >= 15 is 0 Å². The van der Waals surface area contributed by atoms with Crippen LogP contribution in [0.1, 0.15) is 18.1 Å². The van der Waals surface area contributed by atoms with Gasteiger partial charge in [-0.1, -0.05) is 42.1 Å². The predicted molar refractivity (Wildman–Crippen MR) is 131 cm³/mol. The van der Waals surface area contributed by atoms with E-state index < -0.39 is 0 Å². The summed E-state index contributed by atoms with van der Waals surface area (Å²) in [6.45, 7) is 3.69. The Hall–Kier alpha value is -3.91. The molecule has 2 N–H and O–H groups in total. The quantitative estimate of drug-likeness (QED) is 0.197. The molecule has 7 nitrogen and oxygen atoms in total. The number of aromatic hydroxyl groups is 1. The van der Waals surface area contributed by atoms with Crippen LogP contribution >= 0.6 is 11.8 Å². The molecule has 4 rings (SSSR count). The number of nitrogens with one attached hydrogen (secondary N) is 1. The topological polar surface area (TPSA) is 96.6 Å². The number of carbonyl (C=O) groups is 1. The van der Waals surface area contributed by atoms with Gasteiger partial charge >= 0.3 is 0 Å². The fourth-order valence-electron chi connectivity index (χ4n) is 3.31. The summed E-state index contributed by atoms with van der Waals surface area (Å²) in [5.41, 5.74) is 5.98. The molecule has 166 valence electrons. The molecule has 0 aliphatic rings. The Labute approximate surface area is 194 Å². The third-order valence-corrected chi connectivity index (χ3v) is 6.01. The molecule has 1 amide bonds. The number of carbonyl (C=O) groups excluding carboxylic acids is 1. The number of amides is 1. The van der Waals surface area contributed by atoms with E-state index in [-0.39, 0.29) is 23.0 Å². The van der Waals surface area contributed by atoms with E-state index in [4.69, 9.17) is 0 Å². The van der Waals surface area contributed by atoms with Crippen molar-refractivity contribution in [2.24, 2.45) is 5.10 Å². The molecule has 1 heterocycles. The normalized spacial score (nSPS) is 11.5. The number of hydrogen-bond acceptors (Lipinski definition) is 6. The van der Waals surface area contributed by atoms with E-state index in [9.17, 15) is 14.7 Å². The minimum absolute atomic E-state index is 0.0308. The van der Waals surface area contributed by atoms with Crippen LogP contribution < -0.4 is 11.0 Å². The number of aryl methyl sites for hydroxylation is 1. The number of fused-ring (bicyclic) bond motifs is 1. The summed E-state index contributed by atoms with van der Waals surface area (Å²) in [6.07, 6.45) is 0. The molecular weight excluding hydrogens is 436 g/mol. The average Bonchev–Trinajstić information content (AvgIpc) is 2.82. The Morgan fingerprint density at radius 1 is 1.06 bits per heavy atom. The summed E-state index contributed by atoms with van der Waals surface area (Å²) in [6, 6.07) is 21.3. The van der Waals surface area contributed by atoms with Gasteiger partial charge in [0.1, 0.15) is 5.75 Å². The van der Waals surface area contributed by atoms with Gasteiger partial charge in [-0.05, 0) is 67.4 Å². The Bertz CT molecular complexity index is 1410. The second-order valence-corrected chi connectivity index (χ2v) is 8.35. The van der Waals surface area contributed by atoms with Crippen molar-refractivity contribution in [3.8, 4) is 11.4 Å². The third kappa shape index (κ3) is 4.96. The molecule has 0 saturated carbocycles. The van der Waals surface area contributed by atoms with Gasteiger partial charge in [0.15, 0.2) is 5.16 Å². The zero-order chi connectivity index (χ0) is 23.4. The van der Waals surface area contributed by atoms with Crippen LogP contribution in [0.25, 0.3) is 16.6 Å². The second kappa shape index (κ2) is 9.70. The molecule has 0 fully saturated rings. The number of para-hydroxylation sites is 2. The number of hydrazone groups is 1. The van der Waals surface area contributed by atoms with Gasteiger partial charge in [0, 0.05) is 0 Å². The first-order valence-electron chi connectivity index (χ1n) is 10.3. The molecule has 0 aliphatic carbocycles. The smallest absolute Gasteiger partial charge is 0.266 e. The van der Waals surface area contributed by atoms with Gasteiger partial charge < -0.3 is 5.11 Å². The Morgan fingerprint density at radius 3 is 2.52 bits per heavy atom. The first-order chi connectivity index (χ1) is 15.9. The van der Waals surface area contributed by atoms with Gasteiger partial charge in [-0.2, -0.15) is 5.10 Å². The number of rotatable bonds is 6. The SMILES string of the molecule is CC(=NNC(=O)CSc1nc2ccccc2c(=O)n1-c1ccccc1C)c1ccc(O)cc1. The third-order valence-electron chi connectivity index (χ3n) is 5.07. The minimum Gasteiger partial charge on any atom is -0.508 e. The lowest BCUT2D eigenvalue weighted by molar-refractivity contribution is -0.118. The fraction of sp³-hybridized carbons (Fsp3) is 0.120. The Morgan fingerprint density at radius 2 is 1.76 bits per heavy atom. The molecule has 0 aliphatic heterocycles. The molecule has 0 spiro atoms. The number of thioether (sulfide) groups is 1. The molecule has 0 unspecified atom stereocenters. The van der Waals surface area contributed by atoms with E-state index in [1.807, 2.05) is 43.3 Å². The van der Waals surface area contributed by atoms with E-state index in [0.717, 1.165) is 16.8 Å². The van der Waals surface area contributed by atoms with Crippen LogP contribution in [0.15, 0.2) is 87.8 Å². The molecule has 33 heavy (non-hydrogen) atoms. The van der Waals surface area contributed by atoms with Crippen molar-refractivity contribution in [3.05, 3.63) is 94.3 Å². The first-order valence-corrected chi connectivity index (χ1v) is 11.3. The zero-order valence-corrected chi connectivity index (χ0v) is 19.0. The summed E-state index contributed by atoms with van der Waals surface area (Å²) < 4.78 is 1.56. The molecule has 0 saturated heterocycles. The Kier molecular flexibility index (Phi) is 6.55. The second-order valence-electron chi connectivity index (χ2n) is 7.41. The number of aromatic nitrogens is 2. The fourth-order valence-corrected chi connectivity index (χ4v) is 4.11. The highest BCUT2D eigenvalue weighted by Gasteiger charge is 2.16. The van der Waals surface area contributed by atoms with Crippen LogP contribution in [0.2, 0.25) is 0 Å². The van der Waals surface area contributed by atoms with Crippen molar-refractivity contribution in [3.63, 3.8) is 0 Å². The lowest BCUT2D eigenvalue weighted by Crippen LogP contribution is -2.25. The maximum absolute atomic E-state index is 13.3. The van der Waals surface area contributed by atoms with Gasteiger partial charge in [0.05, 0.1) is 28.1 Å². The monoisotopic (exact) mass is 458 g/mol. The maximum Gasteiger partial charge on any atom is 0.266 e. The van der Waals surface area contributed by atoms with Gasteiger partial charge in [-0.3, -0.25) is 14.2 Å². The zero-order valence-electron chi connectivity index (χ0n) is 18.1. The van der Waals surface area contributed by atoms with E-state index in [1.165, 1.54) is 11.8 Å².